The highest BCUT2D eigenvalue weighted by atomic mass is 16.2. The van der Waals surface area contributed by atoms with Crippen molar-refractivity contribution in [1.82, 2.24) is 0 Å². The SMILES string of the molecule is Cc1ccccc1CN(C(=O)CC(C)C)c1ccc(CC(=O)Nc2ccccc2)cc1. The lowest BCUT2D eigenvalue weighted by Gasteiger charge is -2.25. The lowest BCUT2D eigenvalue weighted by Crippen LogP contribution is -2.31. The minimum absolute atomic E-state index is 0.0633. The van der Waals surface area contributed by atoms with Gasteiger partial charge in [0.25, 0.3) is 0 Å². The van der Waals surface area contributed by atoms with Gasteiger partial charge >= 0.3 is 0 Å². The second kappa shape index (κ2) is 10.6. The van der Waals surface area contributed by atoms with Crippen LogP contribution < -0.4 is 10.2 Å². The van der Waals surface area contributed by atoms with E-state index in [0.717, 1.165) is 22.5 Å². The summed E-state index contributed by atoms with van der Waals surface area (Å²) in [7, 11) is 0. The fraction of sp³-hybridized carbons (Fsp3) is 0.259. The van der Waals surface area contributed by atoms with Gasteiger partial charge in [0.05, 0.1) is 13.0 Å². The summed E-state index contributed by atoms with van der Waals surface area (Å²) in [6.07, 6.45) is 0.778. The molecule has 0 saturated carbocycles. The minimum atomic E-state index is -0.0633. The number of nitrogens with one attached hydrogen (secondary N) is 1. The van der Waals surface area contributed by atoms with E-state index in [1.165, 1.54) is 5.56 Å². The van der Waals surface area contributed by atoms with Crippen molar-refractivity contribution in [2.24, 2.45) is 5.92 Å². The summed E-state index contributed by atoms with van der Waals surface area (Å²) in [4.78, 5) is 27.2. The molecule has 2 amide bonds. The summed E-state index contributed by atoms with van der Waals surface area (Å²) in [6.45, 7) is 6.71. The Morgan fingerprint density at radius 1 is 0.871 bits per heavy atom. The summed E-state index contributed by atoms with van der Waals surface area (Å²) < 4.78 is 0. The molecule has 3 aromatic rings. The van der Waals surface area contributed by atoms with Gasteiger partial charge in [-0.2, -0.15) is 0 Å². The van der Waals surface area contributed by atoms with E-state index in [0.29, 0.717) is 13.0 Å². The van der Waals surface area contributed by atoms with E-state index >= 15 is 0 Å². The van der Waals surface area contributed by atoms with Crippen LogP contribution in [0.4, 0.5) is 11.4 Å². The third-order valence-corrected chi connectivity index (χ3v) is 5.14. The van der Waals surface area contributed by atoms with Crippen LogP contribution in [-0.2, 0) is 22.6 Å². The van der Waals surface area contributed by atoms with Crippen LogP contribution in [0.2, 0.25) is 0 Å². The molecule has 0 unspecified atom stereocenters. The first kappa shape index (κ1) is 22.3. The first-order chi connectivity index (χ1) is 14.9. The van der Waals surface area contributed by atoms with Crippen LogP contribution in [0.25, 0.3) is 0 Å². The third-order valence-electron chi connectivity index (χ3n) is 5.14. The van der Waals surface area contributed by atoms with Crippen molar-refractivity contribution in [2.45, 2.75) is 40.2 Å². The number of rotatable bonds is 8. The second-order valence-corrected chi connectivity index (χ2v) is 8.26. The largest absolute Gasteiger partial charge is 0.326 e. The molecule has 4 nitrogen and oxygen atoms in total. The van der Waals surface area contributed by atoms with Crippen molar-refractivity contribution in [3.05, 3.63) is 95.6 Å². The van der Waals surface area contributed by atoms with Crippen LogP contribution in [-0.4, -0.2) is 11.8 Å². The summed E-state index contributed by atoms with van der Waals surface area (Å²) in [5.74, 6) is 0.326. The van der Waals surface area contributed by atoms with Crippen molar-refractivity contribution in [2.75, 3.05) is 10.2 Å². The molecule has 0 aliphatic rings. The number of hydrogen-bond donors (Lipinski definition) is 1. The number of aryl methyl sites for hydroxylation is 1. The normalized spacial score (nSPS) is 10.7. The van der Waals surface area contributed by atoms with E-state index in [1.54, 1.807) is 0 Å². The quantitative estimate of drug-likeness (QED) is 0.510. The lowest BCUT2D eigenvalue weighted by molar-refractivity contribution is -0.119. The Morgan fingerprint density at radius 2 is 1.52 bits per heavy atom. The van der Waals surface area contributed by atoms with Gasteiger partial charge in [0.15, 0.2) is 0 Å². The molecule has 0 aliphatic carbocycles. The molecule has 160 valence electrons. The van der Waals surface area contributed by atoms with Crippen molar-refractivity contribution < 1.29 is 9.59 Å². The van der Waals surface area contributed by atoms with E-state index in [9.17, 15) is 9.59 Å². The molecular formula is C27H30N2O2. The zero-order valence-corrected chi connectivity index (χ0v) is 18.5. The van der Waals surface area contributed by atoms with Gasteiger partial charge in [-0.15, -0.1) is 0 Å². The van der Waals surface area contributed by atoms with E-state index < -0.39 is 0 Å². The van der Waals surface area contributed by atoms with Crippen molar-refractivity contribution >= 4 is 23.2 Å². The molecule has 0 spiro atoms. The van der Waals surface area contributed by atoms with Crippen LogP contribution in [0.1, 0.15) is 37.0 Å². The molecule has 3 aromatic carbocycles. The smallest absolute Gasteiger partial charge is 0.228 e. The van der Waals surface area contributed by atoms with Gasteiger partial charge in [0.2, 0.25) is 11.8 Å². The predicted octanol–water partition coefficient (Wildman–Crippen LogP) is 5.76. The van der Waals surface area contributed by atoms with Crippen LogP contribution in [0.5, 0.6) is 0 Å². The highest BCUT2D eigenvalue weighted by Gasteiger charge is 2.18. The molecule has 0 atom stereocenters. The average Bonchev–Trinajstić information content (AvgIpc) is 2.74. The summed E-state index contributed by atoms with van der Waals surface area (Å²) >= 11 is 0. The zero-order valence-electron chi connectivity index (χ0n) is 18.5. The number of carbonyl (C=O) groups is 2. The molecule has 31 heavy (non-hydrogen) atoms. The lowest BCUT2D eigenvalue weighted by atomic mass is 10.1. The van der Waals surface area contributed by atoms with Crippen LogP contribution in [0, 0.1) is 12.8 Å². The first-order valence-electron chi connectivity index (χ1n) is 10.7. The van der Waals surface area contributed by atoms with E-state index in [-0.39, 0.29) is 24.2 Å². The van der Waals surface area contributed by atoms with Crippen molar-refractivity contribution in [3.8, 4) is 0 Å². The van der Waals surface area contributed by atoms with Crippen molar-refractivity contribution in [1.29, 1.82) is 0 Å². The number of benzene rings is 3. The van der Waals surface area contributed by atoms with Crippen LogP contribution in [0.3, 0.4) is 0 Å². The average molecular weight is 415 g/mol. The van der Waals surface area contributed by atoms with Gasteiger partial charge in [0, 0.05) is 17.8 Å². The summed E-state index contributed by atoms with van der Waals surface area (Å²) in [5.41, 5.74) is 4.84. The predicted molar refractivity (Wildman–Crippen MR) is 127 cm³/mol. The molecule has 0 radical (unpaired) electrons. The van der Waals surface area contributed by atoms with Gasteiger partial charge in [-0.1, -0.05) is 68.4 Å². The third kappa shape index (κ3) is 6.54. The van der Waals surface area contributed by atoms with Gasteiger partial charge < -0.3 is 10.2 Å². The van der Waals surface area contributed by atoms with Crippen LogP contribution in [0.15, 0.2) is 78.9 Å². The van der Waals surface area contributed by atoms with Gasteiger partial charge in [-0.25, -0.2) is 0 Å². The number of nitrogens with zero attached hydrogens (tertiary/aromatic N) is 1. The topological polar surface area (TPSA) is 49.4 Å². The molecule has 0 fully saturated rings. The highest BCUT2D eigenvalue weighted by molar-refractivity contribution is 5.94. The first-order valence-corrected chi connectivity index (χ1v) is 10.7. The van der Waals surface area contributed by atoms with Crippen molar-refractivity contribution in [3.63, 3.8) is 0 Å². The van der Waals surface area contributed by atoms with E-state index in [1.807, 2.05) is 71.6 Å². The number of anilines is 2. The maximum Gasteiger partial charge on any atom is 0.228 e. The van der Waals surface area contributed by atoms with Crippen LogP contribution >= 0.6 is 0 Å². The second-order valence-electron chi connectivity index (χ2n) is 8.26. The molecule has 0 saturated heterocycles. The fourth-order valence-electron chi connectivity index (χ4n) is 3.45. The van der Waals surface area contributed by atoms with E-state index in [4.69, 9.17) is 0 Å². The minimum Gasteiger partial charge on any atom is -0.326 e. The molecule has 3 rings (SSSR count). The number of hydrogen-bond acceptors (Lipinski definition) is 2. The molecule has 0 aliphatic heterocycles. The number of carbonyl (C=O) groups excluding carboxylic acids is 2. The molecular weight excluding hydrogens is 384 g/mol. The monoisotopic (exact) mass is 414 g/mol. The number of amides is 2. The Labute approximate surface area is 184 Å². The molecule has 0 heterocycles. The Hall–Kier alpha value is -3.40. The fourth-order valence-corrected chi connectivity index (χ4v) is 3.45. The Bertz CT molecular complexity index is 1010. The maximum absolute atomic E-state index is 13.0. The summed E-state index contributed by atoms with van der Waals surface area (Å²) in [6, 6.07) is 25.3. The molecule has 4 heteroatoms. The van der Waals surface area contributed by atoms with Gasteiger partial charge in [-0.3, -0.25) is 9.59 Å². The highest BCUT2D eigenvalue weighted by Crippen LogP contribution is 2.22. The Kier molecular flexibility index (Phi) is 7.60. The van der Waals surface area contributed by atoms with Gasteiger partial charge in [0.1, 0.15) is 0 Å². The Morgan fingerprint density at radius 3 is 2.16 bits per heavy atom. The maximum atomic E-state index is 13.0. The number of para-hydroxylation sites is 1. The Balaban J connectivity index is 1.74. The summed E-state index contributed by atoms with van der Waals surface area (Å²) in [5, 5.41) is 2.90. The van der Waals surface area contributed by atoms with E-state index in [2.05, 4.69) is 38.2 Å². The standard InChI is InChI=1S/C27H30N2O2/c1-20(2)17-27(31)29(19-23-10-8-7-9-21(23)3)25-15-13-22(14-16-25)18-26(30)28-24-11-5-4-6-12-24/h4-16,20H,17-19H2,1-3H3,(H,28,30). The molecule has 1 N–H and O–H groups in total. The zero-order chi connectivity index (χ0) is 22.2. The molecule has 0 bridgehead atoms. The molecule has 0 aromatic heterocycles. The van der Waals surface area contributed by atoms with Gasteiger partial charge in [-0.05, 0) is 53.8 Å².